The number of amides is 3. The molecule has 1 aliphatic heterocycles. The molecule has 2 aromatic rings. The lowest BCUT2D eigenvalue weighted by molar-refractivity contribution is -0.117. The molecule has 8 nitrogen and oxygen atoms in total. The van der Waals surface area contributed by atoms with Crippen molar-refractivity contribution in [3.05, 3.63) is 36.8 Å². The highest BCUT2D eigenvalue weighted by atomic mass is 16.2. The Bertz CT molecular complexity index is 789. The van der Waals surface area contributed by atoms with Crippen molar-refractivity contribution in [2.24, 2.45) is 0 Å². The van der Waals surface area contributed by atoms with E-state index in [1.807, 2.05) is 23.0 Å². The van der Waals surface area contributed by atoms with Crippen LogP contribution in [-0.2, 0) is 4.79 Å². The Kier molecular flexibility index (Phi) is 5.04. The van der Waals surface area contributed by atoms with Crippen LogP contribution in [0.1, 0.15) is 44.6 Å². The van der Waals surface area contributed by atoms with Crippen molar-refractivity contribution in [1.82, 2.24) is 20.1 Å². The second-order valence-electron chi connectivity index (χ2n) is 7.09. The molecule has 2 fully saturated rings. The molecule has 2 N–H and O–H groups in total. The van der Waals surface area contributed by atoms with Gasteiger partial charge in [-0.15, -0.1) is 0 Å². The minimum atomic E-state index is -0.267. The summed E-state index contributed by atoms with van der Waals surface area (Å²) < 4.78 is 1.93. The maximum absolute atomic E-state index is 12.4. The van der Waals surface area contributed by atoms with Crippen LogP contribution in [0.25, 0.3) is 0 Å². The van der Waals surface area contributed by atoms with Gasteiger partial charge in [-0.25, -0.2) is 9.78 Å². The van der Waals surface area contributed by atoms with E-state index >= 15 is 0 Å². The second-order valence-corrected chi connectivity index (χ2v) is 7.09. The van der Waals surface area contributed by atoms with Gasteiger partial charge in [-0.05, 0) is 37.5 Å². The summed E-state index contributed by atoms with van der Waals surface area (Å²) in [4.78, 5) is 30.2. The third-order valence-corrected chi connectivity index (χ3v) is 5.29. The van der Waals surface area contributed by atoms with E-state index in [0.717, 1.165) is 44.3 Å². The van der Waals surface area contributed by atoms with Gasteiger partial charge in [0.15, 0.2) is 0 Å². The van der Waals surface area contributed by atoms with E-state index in [2.05, 4.69) is 20.7 Å². The van der Waals surface area contributed by atoms with E-state index in [1.165, 1.54) is 0 Å². The SMILES string of the molecule is O=C(Nc1ccc(N2CCCC2=O)cn1)NC1CCCCC1n1cccn1. The number of nitrogens with zero attached hydrogens (tertiary/aromatic N) is 4. The number of hydrogen-bond acceptors (Lipinski definition) is 4. The fourth-order valence-electron chi connectivity index (χ4n) is 3.93. The molecule has 1 saturated carbocycles. The van der Waals surface area contributed by atoms with Crippen molar-refractivity contribution < 1.29 is 9.59 Å². The highest BCUT2D eigenvalue weighted by molar-refractivity contribution is 5.95. The summed E-state index contributed by atoms with van der Waals surface area (Å²) >= 11 is 0. The van der Waals surface area contributed by atoms with E-state index in [1.54, 1.807) is 23.4 Å². The molecule has 142 valence electrons. The Labute approximate surface area is 158 Å². The minimum Gasteiger partial charge on any atom is -0.333 e. The average molecular weight is 368 g/mol. The minimum absolute atomic E-state index is 0.0418. The molecule has 0 spiro atoms. The Hall–Kier alpha value is -2.90. The standard InChI is InChI=1S/C19H24N6O2/c26-18-7-3-11-24(18)14-8-9-17(20-13-14)23-19(27)22-15-5-1-2-6-16(15)25-12-4-10-21-25/h4,8-10,12-13,15-16H,1-3,5-7,11H2,(H2,20,22,23,27). The fraction of sp³-hybridized carbons (Fsp3) is 0.474. The molecule has 1 aliphatic carbocycles. The Morgan fingerprint density at radius 1 is 1.19 bits per heavy atom. The summed E-state index contributed by atoms with van der Waals surface area (Å²) in [7, 11) is 0. The Balaban J connectivity index is 1.36. The maximum atomic E-state index is 12.4. The summed E-state index contributed by atoms with van der Waals surface area (Å²) in [5.74, 6) is 0.589. The number of aromatic nitrogens is 3. The molecule has 0 aromatic carbocycles. The molecule has 27 heavy (non-hydrogen) atoms. The van der Waals surface area contributed by atoms with Gasteiger partial charge < -0.3 is 10.2 Å². The van der Waals surface area contributed by atoms with Crippen LogP contribution in [0.2, 0.25) is 0 Å². The van der Waals surface area contributed by atoms with Crippen LogP contribution in [0.15, 0.2) is 36.8 Å². The zero-order valence-corrected chi connectivity index (χ0v) is 15.2. The van der Waals surface area contributed by atoms with Crippen LogP contribution in [0.5, 0.6) is 0 Å². The molecule has 0 bridgehead atoms. The zero-order valence-electron chi connectivity index (χ0n) is 15.2. The lowest BCUT2D eigenvalue weighted by atomic mass is 9.90. The lowest BCUT2D eigenvalue weighted by Gasteiger charge is -2.32. The van der Waals surface area contributed by atoms with Crippen LogP contribution in [-0.4, -0.2) is 39.3 Å². The van der Waals surface area contributed by atoms with Gasteiger partial charge in [-0.1, -0.05) is 12.8 Å². The van der Waals surface area contributed by atoms with E-state index in [0.29, 0.717) is 12.2 Å². The van der Waals surface area contributed by atoms with Gasteiger partial charge in [0, 0.05) is 25.4 Å². The summed E-state index contributed by atoms with van der Waals surface area (Å²) in [5.41, 5.74) is 0.773. The molecule has 8 heteroatoms. The molecule has 3 amide bonds. The first-order chi connectivity index (χ1) is 13.2. The third kappa shape index (κ3) is 3.94. The van der Waals surface area contributed by atoms with Crippen molar-refractivity contribution >= 4 is 23.4 Å². The Morgan fingerprint density at radius 2 is 2.07 bits per heavy atom. The van der Waals surface area contributed by atoms with E-state index in [4.69, 9.17) is 0 Å². The normalized spacial score (nSPS) is 22.7. The van der Waals surface area contributed by atoms with Crippen LogP contribution in [0, 0.1) is 0 Å². The lowest BCUT2D eigenvalue weighted by Crippen LogP contribution is -2.45. The number of carbonyl (C=O) groups is 2. The first-order valence-electron chi connectivity index (χ1n) is 9.54. The molecular formula is C19H24N6O2. The van der Waals surface area contributed by atoms with Gasteiger partial charge in [0.2, 0.25) is 5.91 Å². The van der Waals surface area contributed by atoms with Crippen LogP contribution >= 0.6 is 0 Å². The highest BCUT2D eigenvalue weighted by Crippen LogP contribution is 2.28. The molecule has 2 aromatic heterocycles. The van der Waals surface area contributed by atoms with Crippen molar-refractivity contribution in [2.45, 2.75) is 50.6 Å². The zero-order chi connectivity index (χ0) is 18.6. The van der Waals surface area contributed by atoms with Gasteiger partial charge in [-0.2, -0.15) is 5.10 Å². The molecule has 2 aliphatic rings. The molecule has 0 radical (unpaired) electrons. The van der Waals surface area contributed by atoms with Crippen molar-refractivity contribution in [3.63, 3.8) is 0 Å². The highest BCUT2D eigenvalue weighted by Gasteiger charge is 2.28. The number of urea groups is 1. The Morgan fingerprint density at radius 3 is 2.78 bits per heavy atom. The predicted octanol–water partition coefficient (Wildman–Crippen LogP) is 2.71. The van der Waals surface area contributed by atoms with Crippen molar-refractivity contribution in [2.75, 3.05) is 16.8 Å². The number of nitrogens with one attached hydrogen (secondary N) is 2. The van der Waals surface area contributed by atoms with Gasteiger partial charge in [0.05, 0.1) is 24.0 Å². The maximum Gasteiger partial charge on any atom is 0.320 e. The van der Waals surface area contributed by atoms with Crippen LogP contribution in [0.4, 0.5) is 16.3 Å². The number of carbonyl (C=O) groups excluding carboxylic acids is 2. The number of hydrogen-bond donors (Lipinski definition) is 2. The van der Waals surface area contributed by atoms with Crippen LogP contribution in [0.3, 0.4) is 0 Å². The number of rotatable bonds is 4. The van der Waals surface area contributed by atoms with Gasteiger partial charge in [-0.3, -0.25) is 14.8 Å². The van der Waals surface area contributed by atoms with E-state index in [9.17, 15) is 9.59 Å². The largest absolute Gasteiger partial charge is 0.333 e. The van der Waals surface area contributed by atoms with Crippen LogP contribution < -0.4 is 15.5 Å². The molecule has 3 heterocycles. The molecule has 4 rings (SSSR count). The van der Waals surface area contributed by atoms with Crippen molar-refractivity contribution in [3.8, 4) is 0 Å². The number of pyridine rings is 1. The third-order valence-electron chi connectivity index (χ3n) is 5.29. The average Bonchev–Trinajstić information content (AvgIpc) is 3.35. The first-order valence-corrected chi connectivity index (χ1v) is 9.54. The van der Waals surface area contributed by atoms with Gasteiger partial charge in [0.1, 0.15) is 5.82 Å². The summed E-state index contributed by atoms with van der Waals surface area (Å²) in [5, 5.41) is 10.2. The fourth-order valence-corrected chi connectivity index (χ4v) is 3.93. The quantitative estimate of drug-likeness (QED) is 0.868. The summed E-state index contributed by atoms with van der Waals surface area (Å²) in [6.07, 6.45) is 11.0. The smallest absolute Gasteiger partial charge is 0.320 e. The van der Waals surface area contributed by atoms with E-state index < -0.39 is 0 Å². The van der Waals surface area contributed by atoms with Gasteiger partial charge in [0.25, 0.3) is 0 Å². The topological polar surface area (TPSA) is 92.1 Å². The summed E-state index contributed by atoms with van der Waals surface area (Å²) in [6, 6.07) is 5.40. The predicted molar refractivity (Wildman–Crippen MR) is 101 cm³/mol. The molecule has 1 saturated heterocycles. The molecule has 2 atom stereocenters. The van der Waals surface area contributed by atoms with E-state index in [-0.39, 0.29) is 24.0 Å². The monoisotopic (exact) mass is 368 g/mol. The van der Waals surface area contributed by atoms with Crippen molar-refractivity contribution in [1.29, 1.82) is 0 Å². The molecular weight excluding hydrogens is 344 g/mol. The van der Waals surface area contributed by atoms with Gasteiger partial charge >= 0.3 is 6.03 Å². The number of anilines is 2. The second kappa shape index (κ2) is 7.77. The summed E-state index contributed by atoms with van der Waals surface area (Å²) in [6.45, 7) is 0.726. The first kappa shape index (κ1) is 17.5. The molecule has 2 unspecified atom stereocenters.